The van der Waals surface area contributed by atoms with Crippen molar-refractivity contribution >= 4 is 27.8 Å². The van der Waals surface area contributed by atoms with E-state index < -0.39 is 16.3 Å². The molecule has 110 valence electrons. The van der Waals surface area contributed by atoms with Crippen LogP contribution >= 0.6 is 0 Å². The van der Waals surface area contributed by atoms with Crippen molar-refractivity contribution < 1.29 is 23.2 Å². The molecular formula is C10H14N4O5S. The maximum atomic E-state index is 11.6. The summed E-state index contributed by atoms with van der Waals surface area (Å²) in [6, 6.07) is 5.78. The topological polar surface area (TPSA) is 143 Å². The van der Waals surface area contributed by atoms with Gasteiger partial charge in [0.25, 0.3) is 0 Å². The van der Waals surface area contributed by atoms with Crippen LogP contribution in [0.2, 0.25) is 0 Å². The lowest BCUT2D eigenvalue weighted by atomic mass is 10.2. The van der Waals surface area contributed by atoms with Gasteiger partial charge in [-0.1, -0.05) is 17.3 Å². The molecule has 0 atom stereocenters. The molecule has 5 N–H and O–H groups in total. The molecule has 0 saturated carbocycles. The lowest BCUT2D eigenvalue weighted by Crippen LogP contribution is -2.35. The van der Waals surface area contributed by atoms with Crippen LogP contribution in [0.4, 0.5) is 10.5 Å². The highest BCUT2D eigenvalue weighted by Gasteiger charge is 2.15. The predicted molar refractivity (Wildman–Crippen MR) is 71.7 cm³/mol. The Morgan fingerprint density at radius 1 is 1.50 bits per heavy atom. The number of hydrogen-bond acceptors (Lipinski definition) is 6. The van der Waals surface area contributed by atoms with Crippen LogP contribution in [0, 0.1) is 0 Å². The minimum absolute atomic E-state index is 0.0420. The fourth-order valence-corrected chi connectivity index (χ4v) is 2.02. The molecule has 9 nitrogen and oxygen atoms in total. The van der Waals surface area contributed by atoms with Gasteiger partial charge in [0.15, 0.2) is 5.84 Å². The number of amides is 1. The fraction of sp³-hybridized carbons (Fsp3) is 0.200. The van der Waals surface area contributed by atoms with Crippen molar-refractivity contribution in [2.75, 3.05) is 11.3 Å². The van der Waals surface area contributed by atoms with Gasteiger partial charge in [0.05, 0.1) is 12.3 Å². The average Bonchev–Trinajstić information content (AvgIpc) is 2.37. The first-order chi connectivity index (χ1) is 9.38. The van der Waals surface area contributed by atoms with Crippen LogP contribution in [0.3, 0.4) is 0 Å². The largest absolute Gasteiger partial charge is 0.449 e. The maximum absolute atomic E-state index is 11.6. The molecule has 0 saturated heterocycles. The summed E-state index contributed by atoms with van der Waals surface area (Å²) in [5.74, 6) is -0.176. The molecule has 0 bridgehead atoms. The smallest absolute Gasteiger partial charge is 0.422 e. The van der Waals surface area contributed by atoms with E-state index >= 15 is 0 Å². The minimum atomic E-state index is -4.12. The van der Waals surface area contributed by atoms with Crippen LogP contribution in [-0.2, 0) is 14.9 Å². The third-order valence-corrected chi connectivity index (χ3v) is 2.95. The molecule has 0 radical (unpaired) electrons. The molecule has 20 heavy (non-hydrogen) atoms. The molecule has 0 heterocycles. The molecule has 0 fully saturated rings. The van der Waals surface area contributed by atoms with E-state index in [9.17, 15) is 13.2 Å². The zero-order valence-corrected chi connectivity index (χ0v) is 11.3. The first-order valence-electron chi connectivity index (χ1n) is 5.43. The summed E-state index contributed by atoms with van der Waals surface area (Å²) in [7, 11) is -4.12. The third-order valence-electron chi connectivity index (χ3n) is 2.01. The number of amidine groups is 1. The summed E-state index contributed by atoms with van der Waals surface area (Å²) >= 11 is 0. The normalized spacial score (nSPS) is 11.8. The van der Waals surface area contributed by atoms with E-state index in [0.717, 1.165) is 0 Å². The van der Waals surface area contributed by atoms with Crippen molar-refractivity contribution in [2.45, 2.75) is 6.92 Å². The molecule has 0 spiro atoms. The van der Waals surface area contributed by atoms with Gasteiger partial charge in [0.1, 0.15) is 0 Å². The van der Waals surface area contributed by atoms with Crippen molar-refractivity contribution in [3.05, 3.63) is 29.8 Å². The van der Waals surface area contributed by atoms with Gasteiger partial charge in [0.2, 0.25) is 0 Å². The van der Waals surface area contributed by atoms with Crippen molar-refractivity contribution in [1.29, 1.82) is 0 Å². The summed E-state index contributed by atoms with van der Waals surface area (Å²) in [6.45, 7) is 1.58. The molecule has 1 aromatic rings. The zero-order chi connectivity index (χ0) is 15.2. The Hall–Kier alpha value is -2.49. The second-order valence-corrected chi connectivity index (χ2v) is 4.91. The van der Waals surface area contributed by atoms with Gasteiger partial charge in [-0.15, -0.1) is 0 Å². The van der Waals surface area contributed by atoms with Gasteiger partial charge in [0, 0.05) is 5.56 Å². The number of anilines is 1. The number of oxime groups is 1. The van der Waals surface area contributed by atoms with Crippen LogP contribution < -0.4 is 15.2 Å². The van der Waals surface area contributed by atoms with Gasteiger partial charge in [-0.05, 0) is 19.1 Å². The van der Waals surface area contributed by atoms with Crippen molar-refractivity contribution in [3.8, 4) is 0 Å². The summed E-state index contributed by atoms with van der Waals surface area (Å²) in [4.78, 5) is 11.0. The SMILES string of the molecule is CCOC(=O)NS(=O)(=O)Nc1cccc(/C(N)=N/O)c1. The van der Waals surface area contributed by atoms with Crippen LogP contribution in [0.5, 0.6) is 0 Å². The first-order valence-corrected chi connectivity index (χ1v) is 6.91. The predicted octanol–water partition coefficient (Wildman–Crippen LogP) is 0.184. The highest BCUT2D eigenvalue weighted by molar-refractivity contribution is 7.91. The monoisotopic (exact) mass is 302 g/mol. The number of nitrogens with zero attached hydrogens (tertiary/aromatic N) is 1. The van der Waals surface area contributed by atoms with Gasteiger partial charge in [-0.25, -0.2) is 9.52 Å². The molecule has 0 aromatic heterocycles. The van der Waals surface area contributed by atoms with E-state index in [1.54, 1.807) is 11.6 Å². The second-order valence-electron chi connectivity index (χ2n) is 3.49. The van der Waals surface area contributed by atoms with E-state index in [-0.39, 0.29) is 18.1 Å². The standard InChI is InChI=1S/C10H14N4O5S/c1-2-19-10(15)14-20(17,18)13-8-5-3-4-7(6-8)9(11)12-16/h3-6,13,16H,2H2,1H3,(H2,11,12)(H,14,15). The number of carbonyl (C=O) groups is 1. The first kappa shape index (κ1) is 15.6. The van der Waals surface area contributed by atoms with Crippen LogP contribution in [0.15, 0.2) is 29.4 Å². The third kappa shape index (κ3) is 4.65. The Morgan fingerprint density at radius 3 is 2.80 bits per heavy atom. The number of nitrogens with two attached hydrogens (primary N) is 1. The Labute approximate surface area is 115 Å². The molecule has 1 aromatic carbocycles. The summed E-state index contributed by atoms with van der Waals surface area (Å²) in [6.07, 6.45) is -1.09. The van der Waals surface area contributed by atoms with E-state index in [4.69, 9.17) is 10.9 Å². The molecule has 0 aliphatic heterocycles. The highest BCUT2D eigenvalue weighted by Crippen LogP contribution is 2.11. The minimum Gasteiger partial charge on any atom is -0.449 e. The molecule has 1 rings (SSSR count). The van der Waals surface area contributed by atoms with Crippen molar-refractivity contribution in [1.82, 2.24) is 4.72 Å². The summed E-state index contributed by atoms with van der Waals surface area (Å²) in [5.41, 5.74) is 5.82. The maximum Gasteiger partial charge on any atom is 0.422 e. The number of hydrogen-bond donors (Lipinski definition) is 4. The number of nitrogens with one attached hydrogen (secondary N) is 2. The molecule has 0 unspecified atom stereocenters. The lowest BCUT2D eigenvalue weighted by Gasteiger charge is -2.10. The zero-order valence-electron chi connectivity index (χ0n) is 10.5. The molecular weight excluding hydrogens is 288 g/mol. The van der Waals surface area contributed by atoms with E-state index in [1.165, 1.54) is 24.3 Å². The Morgan fingerprint density at radius 2 is 2.20 bits per heavy atom. The Kier molecular flexibility index (Phi) is 5.15. The quantitative estimate of drug-likeness (QED) is 0.264. The van der Waals surface area contributed by atoms with E-state index in [1.807, 2.05) is 0 Å². The number of benzene rings is 1. The van der Waals surface area contributed by atoms with Gasteiger partial charge >= 0.3 is 16.3 Å². The van der Waals surface area contributed by atoms with E-state index in [0.29, 0.717) is 5.56 Å². The molecule has 0 aliphatic carbocycles. The van der Waals surface area contributed by atoms with Crippen molar-refractivity contribution in [2.24, 2.45) is 10.9 Å². The van der Waals surface area contributed by atoms with Crippen LogP contribution in [0.25, 0.3) is 0 Å². The average molecular weight is 302 g/mol. The molecule has 10 heteroatoms. The van der Waals surface area contributed by atoms with E-state index in [2.05, 4.69) is 14.6 Å². The second kappa shape index (κ2) is 6.61. The van der Waals surface area contributed by atoms with Crippen molar-refractivity contribution in [3.63, 3.8) is 0 Å². The molecule has 0 aliphatic rings. The number of rotatable bonds is 5. The van der Waals surface area contributed by atoms with Crippen LogP contribution in [-0.4, -0.2) is 32.2 Å². The van der Waals surface area contributed by atoms with Crippen LogP contribution in [0.1, 0.15) is 12.5 Å². The molecule has 1 amide bonds. The number of carbonyl (C=O) groups excluding carboxylic acids is 1. The number of ether oxygens (including phenoxy) is 1. The fourth-order valence-electron chi connectivity index (χ4n) is 1.25. The van der Waals surface area contributed by atoms with Gasteiger partial charge in [-0.3, -0.25) is 4.72 Å². The Balaban J connectivity index is 2.85. The highest BCUT2D eigenvalue weighted by atomic mass is 32.2. The summed E-state index contributed by atoms with van der Waals surface area (Å²) in [5, 5.41) is 11.3. The van der Waals surface area contributed by atoms with Gasteiger partial charge in [-0.2, -0.15) is 8.42 Å². The summed E-state index contributed by atoms with van der Waals surface area (Å²) < 4.78 is 31.4. The van der Waals surface area contributed by atoms with Gasteiger partial charge < -0.3 is 15.7 Å². The lowest BCUT2D eigenvalue weighted by molar-refractivity contribution is 0.159. The Bertz CT molecular complexity index is 614.